The molecular weight excluding hydrogens is 343 g/mol. The summed E-state index contributed by atoms with van der Waals surface area (Å²) in [5, 5.41) is -0.283. The fourth-order valence-electron chi connectivity index (χ4n) is 2.44. The summed E-state index contributed by atoms with van der Waals surface area (Å²) in [6, 6.07) is 2.80. The fourth-order valence-corrected chi connectivity index (χ4v) is 2.44. The van der Waals surface area contributed by atoms with Crippen molar-refractivity contribution in [1.82, 2.24) is 4.57 Å². The molecule has 2 aromatic rings. The fraction of sp³-hybridized carbons (Fsp3) is 0.375. The number of rotatable bonds is 5. The zero-order valence-corrected chi connectivity index (χ0v) is 13.8. The number of hydrogen-bond donors (Lipinski definition) is 0. The van der Waals surface area contributed by atoms with E-state index in [0.29, 0.717) is 6.07 Å². The molecule has 2 rings (SSSR count). The van der Waals surface area contributed by atoms with Gasteiger partial charge < -0.3 is 14.2 Å². The van der Waals surface area contributed by atoms with E-state index < -0.39 is 29.8 Å². The molecule has 0 amide bonds. The van der Waals surface area contributed by atoms with E-state index in [-0.39, 0.29) is 29.0 Å². The highest BCUT2D eigenvalue weighted by Crippen LogP contribution is 2.38. The van der Waals surface area contributed by atoms with Crippen LogP contribution in [0.25, 0.3) is 10.9 Å². The van der Waals surface area contributed by atoms with Gasteiger partial charge in [-0.15, -0.1) is 0 Å². The standard InChI is InChI=1S/C16H16F3NO5/c1-4-25-15(22)8-20-11-7-13(24-3)12(23-2)5-9(11)10(6-14(20)21)16(17,18)19/h5-7H,4,8H2,1-3H3. The maximum atomic E-state index is 13.3. The molecule has 0 spiro atoms. The van der Waals surface area contributed by atoms with Crippen molar-refractivity contribution in [2.75, 3.05) is 20.8 Å². The lowest BCUT2D eigenvalue weighted by Crippen LogP contribution is -2.27. The Morgan fingerprint density at radius 1 is 1.12 bits per heavy atom. The number of methoxy groups -OCH3 is 2. The van der Waals surface area contributed by atoms with E-state index in [2.05, 4.69) is 0 Å². The van der Waals surface area contributed by atoms with E-state index in [1.54, 1.807) is 6.92 Å². The maximum absolute atomic E-state index is 13.3. The van der Waals surface area contributed by atoms with E-state index in [9.17, 15) is 22.8 Å². The van der Waals surface area contributed by atoms with Gasteiger partial charge in [0.05, 0.1) is 31.9 Å². The Morgan fingerprint density at radius 3 is 2.24 bits per heavy atom. The monoisotopic (exact) mass is 359 g/mol. The summed E-state index contributed by atoms with van der Waals surface area (Å²) in [5.41, 5.74) is -2.20. The van der Waals surface area contributed by atoms with Gasteiger partial charge in [-0.2, -0.15) is 13.2 Å². The maximum Gasteiger partial charge on any atom is 0.417 e. The highest BCUT2D eigenvalue weighted by atomic mass is 19.4. The molecule has 0 saturated carbocycles. The van der Waals surface area contributed by atoms with Gasteiger partial charge >= 0.3 is 12.1 Å². The van der Waals surface area contributed by atoms with Gasteiger partial charge in [0.25, 0.3) is 5.56 Å². The number of benzene rings is 1. The number of halogens is 3. The summed E-state index contributed by atoms with van der Waals surface area (Å²) in [7, 11) is 2.59. The van der Waals surface area contributed by atoms with Crippen LogP contribution < -0.4 is 15.0 Å². The number of carbonyl (C=O) groups is 1. The average Bonchev–Trinajstić information content (AvgIpc) is 2.55. The smallest absolute Gasteiger partial charge is 0.417 e. The van der Waals surface area contributed by atoms with E-state index in [1.807, 2.05) is 0 Å². The van der Waals surface area contributed by atoms with E-state index in [0.717, 1.165) is 10.6 Å². The van der Waals surface area contributed by atoms with Crippen molar-refractivity contribution in [3.8, 4) is 11.5 Å². The van der Waals surface area contributed by atoms with Crippen LogP contribution >= 0.6 is 0 Å². The van der Waals surface area contributed by atoms with Crippen molar-refractivity contribution in [1.29, 1.82) is 0 Å². The minimum atomic E-state index is -4.75. The lowest BCUT2D eigenvalue weighted by Gasteiger charge is -2.17. The Labute approximate surface area is 140 Å². The van der Waals surface area contributed by atoms with Gasteiger partial charge in [-0.1, -0.05) is 0 Å². The van der Waals surface area contributed by atoms with Crippen molar-refractivity contribution < 1.29 is 32.2 Å². The molecule has 6 nitrogen and oxygen atoms in total. The van der Waals surface area contributed by atoms with Crippen LogP contribution in [0.1, 0.15) is 12.5 Å². The number of hydrogen-bond acceptors (Lipinski definition) is 5. The van der Waals surface area contributed by atoms with Crippen molar-refractivity contribution >= 4 is 16.9 Å². The Balaban J connectivity index is 2.83. The zero-order valence-electron chi connectivity index (χ0n) is 13.8. The Bertz CT molecular complexity index is 857. The third-order valence-electron chi connectivity index (χ3n) is 3.51. The molecule has 1 heterocycles. The third kappa shape index (κ3) is 3.70. The van der Waals surface area contributed by atoms with Gasteiger partial charge in [0.2, 0.25) is 0 Å². The van der Waals surface area contributed by atoms with E-state index in [1.165, 1.54) is 20.3 Å². The molecule has 0 saturated heterocycles. The van der Waals surface area contributed by atoms with Crippen LogP contribution in [0.4, 0.5) is 13.2 Å². The second-order valence-electron chi connectivity index (χ2n) is 5.01. The summed E-state index contributed by atoms with van der Waals surface area (Å²) in [4.78, 5) is 23.9. The number of nitrogens with zero attached hydrogens (tertiary/aromatic N) is 1. The number of pyridine rings is 1. The second kappa shape index (κ2) is 7.04. The molecule has 25 heavy (non-hydrogen) atoms. The lowest BCUT2D eigenvalue weighted by molar-refractivity contribution is -0.143. The summed E-state index contributed by atoms with van der Waals surface area (Å²) in [6.07, 6.45) is -4.75. The molecule has 0 N–H and O–H groups in total. The van der Waals surface area contributed by atoms with E-state index >= 15 is 0 Å². The van der Waals surface area contributed by atoms with Crippen molar-refractivity contribution in [2.45, 2.75) is 19.6 Å². The minimum Gasteiger partial charge on any atom is -0.493 e. The highest BCUT2D eigenvalue weighted by Gasteiger charge is 2.34. The average molecular weight is 359 g/mol. The molecule has 1 aromatic heterocycles. The summed E-state index contributed by atoms with van der Waals surface area (Å²) >= 11 is 0. The summed E-state index contributed by atoms with van der Waals surface area (Å²) in [6.45, 7) is 1.15. The Kier molecular flexibility index (Phi) is 5.24. The van der Waals surface area contributed by atoms with Gasteiger partial charge in [0.1, 0.15) is 6.54 Å². The Morgan fingerprint density at radius 2 is 1.72 bits per heavy atom. The van der Waals surface area contributed by atoms with Crippen LogP contribution in [-0.4, -0.2) is 31.4 Å². The topological polar surface area (TPSA) is 66.8 Å². The molecule has 136 valence electrons. The molecule has 0 aliphatic heterocycles. The molecule has 0 radical (unpaired) electrons. The van der Waals surface area contributed by atoms with Crippen LogP contribution in [0.5, 0.6) is 11.5 Å². The largest absolute Gasteiger partial charge is 0.493 e. The normalized spacial score (nSPS) is 11.4. The first kappa shape index (κ1) is 18.6. The number of alkyl halides is 3. The van der Waals surface area contributed by atoms with Crippen molar-refractivity contribution in [3.05, 3.63) is 34.1 Å². The summed E-state index contributed by atoms with van der Waals surface area (Å²) in [5.74, 6) is -0.534. The van der Waals surface area contributed by atoms with Crippen LogP contribution in [0, 0.1) is 0 Å². The van der Waals surface area contributed by atoms with Gasteiger partial charge in [-0.25, -0.2) is 0 Å². The molecule has 1 aromatic carbocycles. The predicted octanol–water partition coefficient (Wildman–Crippen LogP) is 2.60. The molecule has 0 aliphatic carbocycles. The quantitative estimate of drug-likeness (QED) is 0.768. The zero-order chi connectivity index (χ0) is 18.8. The van der Waals surface area contributed by atoms with Gasteiger partial charge in [-0.3, -0.25) is 14.2 Å². The number of aromatic nitrogens is 1. The van der Waals surface area contributed by atoms with Gasteiger partial charge in [-0.05, 0) is 13.0 Å². The van der Waals surface area contributed by atoms with Crippen LogP contribution in [-0.2, 0) is 22.3 Å². The SMILES string of the molecule is CCOC(=O)Cn1c(=O)cc(C(F)(F)F)c2cc(OC)c(OC)cc21. The Hall–Kier alpha value is -2.71. The van der Waals surface area contributed by atoms with Gasteiger partial charge in [0.15, 0.2) is 11.5 Å². The highest BCUT2D eigenvalue weighted by molar-refractivity contribution is 5.87. The number of esters is 1. The van der Waals surface area contributed by atoms with Crippen molar-refractivity contribution in [2.24, 2.45) is 0 Å². The lowest BCUT2D eigenvalue weighted by atomic mass is 10.1. The van der Waals surface area contributed by atoms with E-state index in [4.69, 9.17) is 14.2 Å². The molecular formula is C16H16F3NO5. The first-order chi connectivity index (χ1) is 11.7. The number of ether oxygens (including phenoxy) is 3. The predicted molar refractivity (Wildman–Crippen MR) is 82.9 cm³/mol. The number of carbonyl (C=O) groups excluding carboxylic acids is 1. The first-order valence-corrected chi connectivity index (χ1v) is 7.25. The molecule has 0 bridgehead atoms. The third-order valence-corrected chi connectivity index (χ3v) is 3.51. The molecule has 0 aliphatic rings. The van der Waals surface area contributed by atoms with Crippen LogP contribution in [0.15, 0.2) is 23.0 Å². The molecule has 0 atom stereocenters. The molecule has 0 unspecified atom stereocenters. The molecule has 9 heteroatoms. The van der Waals surface area contributed by atoms with Crippen molar-refractivity contribution in [3.63, 3.8) is 0 Å². The van der Waals surface area contributed by atoms with Gasteiger partial charge in [0, 0.05) is 17.5 Å². The molecule has 0 fully saturated rings. The first-order valence-electron chi connectivity index (χ1n) is 7.25. The minimum absolute atomic E-state index is 0.0711. The summed E-state index contributed by atoms with van der Waals surface area (Å²) < 4.78 is 55.7. The number of fused-ring (bicyclic) bond motifs is 1. The van der Waals surface area contributed by atoms with Crippen LogP contribution in [0.2, 0.25) is 0 Å². The second-order valence-corrected chi connectivity index (χ2v) is 5.01. The van der Waals surface area contributed by atoms with Crippen LogP contribution in [0.3, 0.4) is 0 Å².